The smallest absolute Gasteiger partial charge is 0.358 e. The van der Waals surface area contributed by atoms with Crippen molar-refractivity contribution < 1.29 is 14.3 Å². The molecular formula is C20H19ClN2O3. The van der Waals surface area contributed by atoms with Gasteiger partial charge in [0, 0.05) is 17.1 Å². The lowest BCUT2D eigenvalue weighted by Crippen LogP contribution is -2.08. The molecule has 0 bridgehead atoms. The van der Waals surface area contributed by atoms with Crippen LogP contribution in [0.2, 0.25) is 5.02 Å². The second-order valence-electron chi connectivity index (χ2n) is 5.82. The Kier molecular flexibility index (Phi) is 5.58. The first-order chi connectivity index (χ1) is 12.6. The van der Waals surface area contributed by atoms with Crippen LogP contribution in [0.4, 0.5) is 0 Å². The summed E-state index contributed by atoms with van der Waals surface area (Å²) in [6, 6.07) is 17.2. The van der Waals surface area contributed by atoms with Gasteiger partial charge in [-0.15, -0.1) is 0 Å². The maximum atomic E-state index is 11.9. The molecule has 0 radical (unpaired) electrons. The fourth-order valence-electron chi connectivity index (χ4n) is 2.65. The highest BCUT2D eigenvalue weighted by Crippen LogP contribution is 2.18. The van der Waals surface area contributed by atoms with Crippen molar-refractivity contribution >= 4 is 17.6 Å². The Morgan fingerprint density at radius 3 is 2.31 bits per heavy atom. The third-order valence-corrected chi connectivity index (χ3v) is 4.30. The number of esters is 1. The summed E-state index contributed by atoms with van der Waals surface area (Å²) in [7, 11) is 2.99. The SMILES string of the molecule is COC(=O)c1cc(Cc2ccc(OC)cc2)n(Cc2ccc(Cl)cc2)n1. The van der Waals surface area contributed by atoms with Crippen LogP contribution in [-0.2, 0) is 17.7 Å². The molecule has 0 amide bonds. The number of carbonyl (C=O) groups excluding carboxylic acids is 1. The molecule has 0 saturated heterocycles. The zero-order chi connectivity index (χ0) is 18.5. The third-order valence-electron chi connectivity index (χ3n) is 4.05. The first-order valence-corrected chi connectivity index (χ1v) is 8.49. The first kappa shape index (κ1) is 18.0. The molecule has 3 rings (SSSR count). The summed E-state index contributed by atoms with van der Waals surface area (Å²) in [4.78, 5) is 11.9. The highest BCUT2D eigenvalue weighted by atomic mass is 35.5. The van der Waals surface area contributed by atoms with E-state index in [-0.39, 0.29) is 0 Å². The zero-order valence-corrected chi connectivity index (χ0v) is 15.4. The number of methoxy groups -OCH3 is 2. The molecule has 26 heavy (non-hydrogen) atoms. The normalized spacial score (nSPS) is 10.6. The number of hydrogen-bond acceptors (Lipinski definition) is 4. The number of ether oxygens (including phenoxy) is 2. The predicted octanol–water partition coefficient (Wildman–Crippen LogP) is 3.97. The summed E-state index contributed by atoms with van der Waals surface area (Å²) in [5, 5.41) is 5.10. The van der Waals surface area contributed by atoms with Crippen molar-refractivity contribution in [2.24, 2.45) is 0 Å². The van der Waals surface area contributed by atoms with E-state index >= 15 is 0 Å². The molecule has 0 spiro atoms. The Balaban J connectivity index is 1.89. The van der Waals surface area contributed by atoms with E-state index < -0.39 is 5.97 Å². The van der Waals surface area contributed by atoms with E-state index in [4.69, 9.17) is 21.1 Å². The van der Waals surface area contributed by atoms with Gasteiger partial charge in [-0.25, -0.2) is 4.79 Å². The maximum Gasteiger partial charge on any atom is 0.358 e. The molecule has 0 aliphatic heterocycles. The molecule has 0 atom stereocenters. The number of hydrogen-bond donors (Lipinski definition) is 0. The minimum Gasteiger partial charge on any atom is -0.497 e. The molecule has 0 N–H and O–H groups in total. The van der Waals surface area contributed by atoms with Crippen LogP contribution >= 0.6 is 11.6 Å². The topological polar surface area (TPSA) is 53.4 Å². The second-order valence-corrected chi connectivity index (χ2v) is 6.26. The lowest BCUT2D eigenvalue weighted by Gasteiger charge is -2.08. The molecular weight excluding hydrogens is 352 g/mol. The fraction of sp³-hybridized carbons (Fsp3) is 0.200. The summed E-state index contributed by atoms with van der Waals surface area (Å²) >= 11 is 5.95. The monoisotopic (exact) mass is 370 g/mol. The van der Waals surface area contributed by atoms with Crippen LogP contribution in [0.15, 0.2) is 54.6 Å². The van der Waals surface area contributed by atoms with Crippen molar-refractivity contribution in [1.82, 2.24) is 9.78 Å². The van der Waals surface area contributed by atoms with Crippen LogP contribution in [0.3, 0.4) is 0 Å². The highest BCUT2D eigenvalue weighted by molar-refractivity contribution is 6.30. The van der Waals surface area contributed by atoms with E-state index in [1.807, 2.05) is 53.2 Å². The molecule has 0 saturated carbocycles. The number of benzene rings is 2. The first-order valence-electron chi connectivity index (χ1n) is 8.11. The van der Waals surface area contributed by atoms with Crippen molar-refractivity contribution in [3.05, 3.63) is 82.1 Å². The van der Waals surface area contributed by atoms with Gasteiger partial charge in [0.2, 0.25) is 0 Å². The van der Waals surface area contributed by atoms with Crippen LogP contribution in [0.25, 0.3) is 0 Å². The Labute approximate surface area is 157 Å². The van der Waals surface area contributed by atoms with E-state index in [9.17, 15) is 4.79 Å². The fourth-order valence-corrected chi connectivity index (χ4v) is 2.78. The number of carbonyl (C=O) groups is 1. The largest absolute Gasteiger partial charge is 0.497 e. The molecule has 3 aromatic rings. The van der Waals surface area contributed by atoms with Crippen LogP contribution in [0.5, 0.6) is 5.75 Å². The predicted molar refractivity (Wildman–Crippen MR) is 99.9 cm³/mol. The molecule has 1 aromatic heterocycles. The van der Waals surface area contributed by atoms with E-state index in [0.717, 1.165) is 22.6 Å². The Bertz CT molecular complexity index is 886. The minimum atomic E-state index is -0.448. The summed E-state index contributed by atoms with van der Waals surface area (Å²) in [6.07, 6.45) is 0.640. The van der Waals surface area contributed by atoms with Crippen molar-refractivity contribution in [3.63, 3.8) is 0 Å². The molecule has 5 nitrogen and oxygen atoms in total. The van der Waals surface area contributed by atoms with Crippen molar-refractivity contribution in [2.45, 2.75) is 13.0 Å². The molecule has 134 valence electrons. The minimum absolute atomic E-state index is 0.296. The maximum absolute atomic E-state index is 11.9. The van der Waals surface area contributed by atoms with Gasteiger partial charge in [0.25, 0.3) is 0 Å². The Morgan fingerprint density at radius 2 is 1.69 bits per heavy atom. The average Bonchev–Trinajstić information content (AvgIpc) is 3.06. The van der Waals surface area contributed by atoms with E-state index in [1.54, 1.807) is 13.2 Å². The van der Waals surface area contributed by atoms with Gasteiger partial charge in [-0.2, -0.15) is 5.10 Å². The molecule has 6 heteroatoms. The number of aromatic nitrogens is 2. The Morgan fingerprint density at radius 1 is 1.04 bits per heavy atom. The van der Waals surface area contributed by atoms with Crippen molar-refractivity contribution in [1.29, 1.82) is 0 Å². The second kappa shape index (κ2) is 8.06. The average molecular weight is 371 g/mol. The van der Waals surface area contributed by atoms with Crippen LogP contribution in [-0.4, -0.2) is 30.0 Å². The molecule has 1 heterocycles. The van der Waals surface area contributed by atoms with Gasteiger partial charge in [0.1, 0.15) is 5.75 Å². The number of rotatable bonds is 6. The molecule has 0 aliphatic rings. The van der Waals surface area contributed by atoms with E-state index in [0.29, 0.717) is 23.7 Å². The van der Waals surface area contributed by atoms with Gasteiger partial charge < -0.3 is 9.47 Å². The van der Waals surface area contributed by atoms with Gasteiger partial charge in [0.15, 0.2) is 5.69 Å². The zero-order valence-electron chi connectivity index (χ0n) is 14.6. The number of halogens is 1. The summed E-state index contributed by atoms with van der Waals surface area (Å²) in [6.45, 7) is 0.541. The molecule has 0 fully saturated rings. The van der Waals surface area contributed by atoms with Gasteiger partial charge in [-0.05, 0) is 41.5 Å². The third kappa shape index (κ3) is 4.24. The molecule has 0 unspecified atom stereocenters. The summed E-state index contributed by atoms with van der Waals surface area (Å²) < 4.78 is 11.8. The van der Waals surface area contributed by atoms with Crippen LogP contribution < -0.4 is 4.74 Å². The van der Waals surface area contributed by atoms with Crippen LogP contribution in [0.1, 0.15) is 27.3 Å². The van der Waals surface area contributed by atoms with Crippen molar-refractivity contribution in [3.8, 4) is 5.75 Å². The van der Waals surface area contributed by atoms with Gasteiger partial charge >= 0.3 is 5.97 Å². The van der Waals surface area contributed by atoms with E-state index in [1.165, 1.54) is 7.11 Å². The standard InChI is InChI=1S/C20H19ClN2O3/c1-25-18-9-5-14(6-10-18)11-17-12-19(20(24)26-2)22-23(17)13-15-3-7-16(21)8-4-15/h3-10,12H,11,13H2,1-2H3. The highest BCUT2D eigenvalue weighted by Gasteiger charge is 2.15. The quantitative estimate of drug-likeness (QED) is 0.616. The number of nitrogens with zero attached hydrogens (tertiary/aromatic N) is 2. The molecule has 0 aliphatic carbocycles. The van der Waals surface area contributed by atoms with Crippen LogP contribution in [0, 0.1) is 0 Å². The van der Waals surface area contributed by atoms with Gasteiger partial charge in [-0.3, -0.25) is 4.68 Å². The van der Waals surface area contributed by atoms with Gasteiger partial charge in [-0.1, -0.05) is 35.9 Å². The summed E-state index contributed by atoms with van der Waals surface area (Å²) in [5.41, 5.74) is 3.36. The lowest BCUT2D eigenvalue weighted by atomic mass is 10.1. The van der Waals surface area contributed by atoms with Crippen molar-refractivity contribution in [2.75, 3.05) is 14.2 Å². The Hall–Kier alpha value is -2.79. The van der Waals surface area contributed by atoms with E-state index in [2.05, 4.69) is 5.10 Å². The molecule has 2 aromatic carbocycles. The van der Waals surface area contributed by atoms with Gasteiger partial charge in [0.05, 0.1) is 20.8 Å². The lowest BCUT2D eigenvalue weighted by molar-refractivity contribution is 0.0593. The summed E-state index contributed by atoms with van der Waals surface area (Å²) in [5.74, 6) is 0.356.